The summed E-state index contributed by atoms with van der Waals surface area (Å²) in [6, 6.07) is 5.05. The van der Waals surface area contributed by atoms with E-state index in [1.54, 1.807) is 18.2 Å². The van der Waals surface area contributed by atoms with Gasteiger partial charge in [0.15, 0.2) is 9.84 Å². The number of phenols is 1. The highest BCUT2D eigenvalue weighted by Crippen LogP contribution is 2.29. The molecule has 1 fully saturated rings. The van der Waals surface area contributed by atoms with Gasteiger partial charge < -0.3 is 10.4 Å². The Labute approximate surface area is 108 Å². The predicted octanol–water partition coefficient (Wildman–Crippen LogP) is 2.08. The van der Waals surface area contributed by atoms with Gasteiger partial charge in [0.25, 0.3) is 0 Å². The molecular weight excluding hydrogens is 250 g/mol. The number of nitrogens with one attached hydrogen (secondary N) is 1. The van der Waals surface area contributed by atoms with E-state index in [9.17, 15) is 13.5 Å². The van der Waals surface area contributed by atoms with Gasteiger partial charge in [0.1, 0.15) is 5.75 Å². The molecule has 4 nitrogen and oxygen atoms in total. The monoisotopic (exact) mass is 269 g/mol. The average Bonchev–Trinajstić information content (AvgIpc) is 2.70. The van der Waals surface area contributed by atoms with Gasteiger partial charge in [-0.1, -0.05) is 0 Å². The quantitative estimate of drug-likeness (QED) is 0.824. The number of aryl methyl sites for hydroxylation is 1. The second kappa shape index (κ2) is 4.80. The largest absolute Gasteiger partial charge is 0.508 e. The average molecular weight is 269 g/mol. The van der Waals surface area contributed by atoms with Gasteiger partial charge in [-0.15, -0.1) is 0 Å². The van der Waals surface area contributed by atoms with E-state index in [0.717, 1.165) is 30.5 Å². The maximum absolute atomic E-state index is 11.7. The Morgan fingerprint density at radius 1 is 1.33 bits per heavy atom. The molecule has 0 aliphatic heterocycles. The summed E-state index contributed by atoms with van der Waals surface area (Å²) in [6.07, 6.45) is 3.85. The molecule has 0 bridgehead atoms. The van der Waals surface area contributed by atoms with Gasteiger partial charge in [-0.2, -0.15) is 0 Å². The van der Waals surface area contributed by atoms with Crippen molar-refractivity contribution >= 4 is 15.5 Å². The van der Waals surface area contributed by atoms with Gasteiger partial charge in [-0.3, -0.25) is 0 Å². The Kier molecular flexibility index (Phi) is 3.52. The van der Waals surface area contributed by atoms with Crippen molar-refractivity contribution < 1.29 is 13.5 Å². The maximum Gasteiger partial charge on any atom is 0.152 e. The number of rotatable bonds is 3. The minimum atomic E-state index is -3.00. The molecule has 1 aliphatic rings. The molecule has 0 heterocycles. The van der Waals surface area contributed by atoms with Crippen LogP contribution in [0.15, 0.2) is 18.2 Å². The van der Waals surface area contributed by atoms with E-state index >= 15 is 0 Å². The van der Waals surface area contributed by atoms with Gasteiger partial charge in [-0.05, 0) is 49.9 Å². The fourth-order valence-corrected chi connectivity index (χ4v) is 4.01. The zero-order chi connectivity index (χ0) is 13.3. The SMILES string of the molecule is Cc1cc(O)ccc1NC1CCCC1S(C)(=O)=O. The molecular formula is C13H19NO3S. The number of sulfone groups is 1. The van der Waals surface area contributed by atoms with Crippen molar-refractivity contribution in [3.63, 3.8) is 0 Å². The molecule has 1 aromatic rings. The summed E-state index contributed by atoms with van der Waals surface area (Å²) in [4.78, 5) is 0. The van der Waals surface area contributed by atoms with Gasteiger partial charge in [0.05, 0.1) is 5.25 Å². The lowest BCUT2D eigenvalue weighted by molar-refractivity contribution is 0.475. The van der Waals surface area contributed by atoms with Gasteiger partial charge in [0.2, 0.25) is 0 Å². The number of aromatic hydroxyl groups is 1. The van der Waals surface area contributed by atoms with Crippen LogP contribution in [0, 0.1) is 6.92 Å². The molecule has 2 N–H and O–H groups in total. The molecule has 1 saturated carbocycles. The lowest BCUT2D eigenvalue weighted by atomic mass is 10.1. The molecule has 100 valence electrons. The summed E-state index contributed by atoms with van der Waals surface area (Å²) in [6.45, 7) is 1.90. The summed E-state index contributed by atoms with van der Waals surface area (Å²) >= 11 is 0. The highest BCUT2D eigenvalue weighted by molar-refractivity contribution is 7.91. The van der Waals surface area contributed by atoms with Crippen molar-refractivity contribution in [2.75, 3.05) is 11.6 Å². The fourth-order valence-electron chi connectivity index (χ4n) is 2.61. The van der Waals surface area contributed by atoms with Crippen LogP contribution in [-0.2, 0) is 9.84 Å². The van der Waals surface area contributed by atoms with Crippen LogP contribution >= 0.6 is 0 Å². The smallest absolute Gasteiger partial charge is 0.152 e. The molecule has 0 radical (unpaired) electrons. The van der Waals surface area contributed by atoms with E-state index in [2.05, 4.69) is 5.32 Å². The molecule has 2 atom stereocenters. The van der Waals surface area contributed by atoms with Crippen LogP contribution < -0.4 is 5.32 Å². The van der Waals surface area contributed by atoms with Gasteiger partial charge >= 0.3 is 0 Å². The van der Waals surface area contributed by atoms with Crippen molar-refractivity contribution in [2.24, 2.45) is 0 Å². The molecule has 1 aliphatic carbocycles. The normalized spacial score (nSPS) is 24.1. The molecule has 1 aromatic carbocycles. The predicted molar refractivity (Wildman–Crippen MR) is 72.7 cm³/mol. The van der Waals surface area contributed by atoms with Crippen molar-refractivity contribution in [1.82, 2.24) is 0 Å². The molecule has 0 spiro atoms. The Bertz CT molecular complexity index is 539. The molecule has 0 aromatic heterocycles. The third kappa shape index (κ3) is 2.77. The van der Waals surface area contributed by atoms with Crippen LogP contribution in [0.25, 0.3) is 0 Å². The number of benzene rings is 1. The minimum Gasteiger partial charge on any atom is -0.508 e. The first-order valence-electron chi connectivity index (χ1n) is 6.13. The standard InChI is InChI=1S/C13H19NO3S/c1-9-8-10(15)6-7-11(9)14-12-4-3-5-13(12)18(2,16)17/h6-8,12-15H,3-5H2,1-2H3. The first-order chi connectivity index (χ1) is 8.38. The third-order valence-electron chi connectivity index (χ3n) is 3.55. The van der Waals surface area contributed by atoms with E-state index in [-0.39, 0.29) is 17.0 Å². The lowest BCUT2D eigenvalue weighted by Gasteiger charge is -2.21. The molecule has 0 amide bonds. The van der Waals surface area contributed by atoms with Gasteiger partial charge in [0, 0.05) is 18.0 Å². The maximum atomic E-state index is 11.7. The minimum absolute atomic E-state index is 0.0248. The molecule has 2 unspecified atom stereocenters. The van der Waals surface area contributed by atoms with E-state index in [4.69, 9.17) is 0 Å². The fraction of sp³-hybridized carbons (Fsp3) is 0.538. The van der Waals surface area contributed by atoms with E-state index in [1.807, 2.05) is 6.92 Å². The molecule has 18 heavy (non-hydrogen) atoms. The first kappa shape index (κ1) is 13.2. The van der Waals surface area contributed by atoms with Gasteiger partial charge in [-0.25, -0.2) is 8.42 Å². The summed E-state index contributed by atoms with van der Waals surface area (Å²) < 4.78 is 23.4. The summed E-state index contributed by atoms with van der Waals surface area (Å²) in [7, 11) is -3.00. The second-order valence-corrected chi connectivity index (χ2v) is 7.31. The Balaban J connectivity index is 2.18. The lowest BCUT2D eigenvalue weighted by Crippen LogP contribution is -2.34. The van der Waals surface area contributed by atoms with Crippen LogP contribution in [-0.4, -0.2) is 31.1 Å². The Hall–Kier alpha value is -1.23. The van der Waals surface area contributed by atoms with Crippen LogP contribution in [0.4, 0.5) is 5.69 Å². The van der Waals surface area contributed by atoms with Crippen molar-refractivity contribution in [3.05, 3.63) is 23.8 Å². The number of hydrogen-bond donors (Lipinski definition) is 2. The third-order valence-corrected chi connectivity index (χ3v) is 5.22. The highest BCUT2D eigenvalue weighted by Gasteiger charge is 2.34. The molecule has 2 rings (SSSR count). The van der Waals surface area contributed by atoms with E-state index in [0.29, 0.717) is 0 Å². The summed E-state index contributed by atoms with van der Waals surface area (Å²) in [5, 5.41) is 12.4. The highest BCUT2D eigenvalue weighted by atomic mass is 32.2. The Morgan fingerprint density at radius 2 is 2.06 bits per heavy atom. The Morgan fingerprint density at radius 3 is 2.67 bits per heavy atom. The van der Waals surface area contributed by atoms with Crippen molar-refractivity contribution in [2.45, 2.75) is 37.5 Å². The van der Waals surface area contributed by atoms with Crippen LogP contribution in [0.5, 0.6) is 5.75 Å². The number of phenolic OH excluding ortho intramolecular Hbond substituents is 1. The zero-order valence-corrected chi connectivity index (χ0v) is 11.5. The number of anilines is 1. The number of hydrogen-bond acceptors (Lipinski definition) is 4. The van der Waals surface area contributed by atoms with Crippen LogP contribution in [0.1, 0.15) is 24.8 Å². The first-order valence-corrected chi connectivity index (χ1v) is 8.08. The van der Waals surface area contributed by atoms with Crippen LogP contribution in [0.2, 0.25) is 0 Å². The van der Waals surface area contributed by atoms with E-state index in [1.165, 1.54) is 6.26 Å². The second-order valence-electron chi connectivity index (χ2n) is 5.05. The summed E-state index contributed by atoms with van der Waals surface area (Å²) in [5.41, 5.74) is 1.82. The molecule has 0 saturated heterocycles. The van der Waals surface area contributed by atoms with Crippen molar-refractivity contribution in [3.8, 4) is 5.75 Å². The van der Waals surface area contributed by atoms with Crippen molar-refractivity contribution in [1.29, 1.82) is 0 Å². The zero-order valence-electron chi connectivity index (χ0n) is 10.7. The van der Waals surface area contributed by atoms with E-state index < -0.39 is 9.84 Å². The van der Waals surface area contributed by atoms with Crippen LogP contribution in [0.3, 0.4) is 0 Å². The summed E-state index contributed by atoms with van der Waals surface area (Å²) in [5.74, 6) is 0.226. The molecule has 5 heteroatoms. The topological polar surface area (TPSA) is 66.4 Å².